The zero-order valence-corrected chi connectivity index (χ0v) is 14.9. The van der Waals surface area contributed by atoms with Gasteiger partial charge in [0.05, 0.1) is 19.4 Å². The Morgan fingerprint density at radius 3 is 2.68 bits per heavy atom. The fraction of sp³-hybridized carbons (Fsp3) is 0.353. The van der Waals surface area contributed by atoms with Crippen LogP contribution in [0.15, 0.2) is 30.5 Å². The van der Waals surface area contributed by atoms with Crippen molar-refractivity contribution in [2.24, 2.45) is 7.05 Å². The summed E-state index contributed by atoms with van der Waals surface area (Å²) in [5.41, 5.74) is 0.232. The molecule has 0 unspecified atom stereocenters. The van der Waals surface area contributed by atoms with Crippen LogP contribution >= 0.6 is 11.6 Å². The lowest BCUT2D eigenvalue weighted by Crippen LogP contribution is -2.18. The second kappa shape index (κ2) is 9.08. The highest BCUT2D eigenvalue weighted by Gasteiger charge is 2.18. The molecule has 1 heterocycles. The van der Waals surface area contributed by atoms with Crippen molar-refractivity contribution in [3.05, 3.63) is 41.0 Å². The molecule has 8 heteroatoms. The SMILES string of the molecule is CCOC(=O)c1cnn(C)c1NC(=O)CCCOc1ccc(Cl)cc1. The first-order valence-corrected chi connectivity index (χ1v) is 8.26. The third-order valence-corrected chi connectivity index (χ3v) is 3.57. The lowest BCUT2D eigenvalue weighted by molar-refractivity contribution is -0.116. The first-order chi connectivity index (χ1) is 12.0. The number of ether oxygens (including phenoxy) is 2. The first kappa shape index (κ1) is 18.8. The van der Waals surface area contributed by atoms with Gasteiger partial charge < -0.3 is 14.8 Å². The molecule has 0 spiro atoms. The molecule has 0 aliphatic heterocycles. The third-order valence-electron chi connectivity index (χ3n) is 3.32. The van der Waals surface area contributed by atoms with Crippen molar-refractivity contribution in [3.8, 4) is 5.75 Å². The van der Waals surface area contributed by atoms with Crippen LogP contribution in [0.5, 0.6) is 5.75 Å². The van der Waals surface area contributed by atoms with Gasteiger partial charge in [0.15, 0.2) is 0 Å². The van der Waals surface area contributed by atoms with Crippen LogP contribution in [-0.4, -0.2) is 34.9 Å². The van der Waals surface area contributed by atoms with Gasteiger partial charge in [0.2, 0.25) is 5.91 Å². The lowest BCUT2D eigenvalue weighted by Gasteiger charge is -2.09. The highest BCUT2D eigenvalue weighted by atomic mass is 35.5. The maximum absolute atomic E-state index is 12.1. The number of esters is 1. The van der Waals surface area contributed by atoms with Crippen molar-refractivity contribution in [2.45, 2.75) is 19.8 Å². The van der Waals surface area contributed by atoms with E-state index in [1.54, 1.807) is 38.2 Å². The van der Waals surface area contributed by atoms with Crippen LogP contribution in [-0.2, 0) is 16.6 Å². The molecule has 134 valence electrons. The quantitative estimate of drug-likeness (QED) is 0.574. The van der Waals surface area contributed by atoms with E-state index < -0.39 is 5.97 Å². The number of aryl methyl sites for hydroxylation is 1. The lowest BCUT2D eigenvalue weighted by atomic mass is 10.3. The van der Waals surface area contributed by atoms with Crippen LogP contribution < -0.4 is 10.1 Å². The Hall–Kier alpha value is -2.54. The summed E-state index contributed by atoms with van der Waals surface area (Å²) in [7, 11) is 1.64. The Morgan fingerprint density at radius 1 is 1.28 bits per heavy atom. The van der Waals surface area contributed by atoms with E-state index in [9.17, 15) is 9.59 Å². The van der Waals surface area contributed by atoms with Gasteiger partial charge in [-0.25, -0.2) is 4.79 Å². The van der Waals surface area contributed by atoms with E-state index in [4.69, 9.17) is 21.1 Å². The molecule has 0 fully saturated rings. The van der Waals surface area contributed by atoms with E-state index >= 15 is 0 Å². The molecule has 1 N–H and O–H groups in total. The number of anilines is 1. The number of amides is 1. The highest BCUT2D eigenvalue weighted by molar-refractivity contribution is 6.30. The Kier molecular flexibility index (Phi) is 6.82. The summed E-state index contributed by atoms with van der Waals surface area (Å²) in [4.78, 5) is 23.9. The largest absolute Gasteiger partial charge is 0.494 e. The number of aromatic nitrogens is 2. The fourth-order valence-electron chi connectivity index (χ4n) is 2.09. The number of rotatable bonds is 8. The minimum absolute atomic E-state index is 0.228. The van der Waals surface area contributed by atoms with Crippen LogP contribution in [0.4, 0.5) is 5.82 Å². The van der Waals surface area contributed by atoms with E-state index in [0.717, 1.165) is 0 Å². The third kappa shape index (κ3) is 5.49. The van der Waals surface area contributed by atoms with Gasteiger partial charge in [-0.1, -0.05) is 11.6 Å². The van der Waals surface area contributed by atoms with Crippen LogP contribution in [0, 0.1) is 0 Å². The number of benzene rings is 1. The molecule has 2 rings (SSSR count). The van der Waals surface area contributed by atoms with Gasteiger partial charge in [0.1, 0.15) is 17.1 Å². The summed E-state index contributed by atoms with van der Waals surface area (Å²) in [5.74, 6) is 0.272. The summed E-state index contributed by atoms with van der Waals surface area (Å²) in [5, 5.41) is 7.31. The zero-order valence-electron chi connectivity index (χ0n) is 14.1. The predicted octanol–water partition coefficient (Wildman–Crippen LogP) is 3.05. The molecule has 2 aromatic rings. The Bertz CT molecular complexity index is 728. The molecule has 1 aromatic heterocycles. The minimum Gasteiger partial charge on any atom is -0.494 e. The average Bonchev–Trinajstić information content (AvgIpc) is 2.94. The zero-order chi connectivity index (χ0) is 18.2. The number of nitrogens with one attached hydrogen (secondary N) is 1. The van der Waals surface area contributed by atoms with E-state index in [2.05, 4.69) is 10.4 Å². The van der Waals surface area contributed by atoms with E-state index in [-0.39, 0.29) is 24.5 Å². The molecule has 0 saturated carbocycles. The van der Waals surface area contributed by atoms with Gasteiger partial charge >= 0.3 is 5.97 Å². The summed E-state index contributed by atoms with van der Waals surface area (Å²) in [6, 6.07) is 7.01. The Balaban J connectivity index is 1.81. The van der Waals surface area contributed by atoms with Crippen molar-refractivity contribution >= 4 is 29.3 Å². The monoisotopic (exact) mass is 365 g/mol. The molecule has 0 bridgehead atoms. The average molecular weight is 366 g/mol. The maximum Gasteiger partial charge on any atom is 0.343 e. The molecule has 0 aliphatic carbocycles. The molecule has 7 nitrogen and oxygen atoms in total. The Labute approximate surface area is 150 Å². The van der Waals surface area contributed by atoms with Gasteiger partial charge in [-0.2, -0.15) is 5.10 Å². The summed E-state index contributed by atoms with van der Waals surface area (Å²) < 4.78 is 11.9. The first-order valence-electron chi connectivity index (χ1n) is 7.88. The minimum atomic E-state index is -0.517. The molecule has 0 radical (unpaired) electrons. The molecular formula is C17H20ClN3O4. The second-order valence-corrected chi connectivity index (χ2v) is 5.64. The van der Waals surface area contributed by atoms with Crippen molar-refractivity contribution < 1.29 is 19.1 Å². The number of carbonyl (C=O) groups is 2. The van der Waals surface area contributed by atoms with Crippen LogP contribution in [0.2, 0.25) is 5.02 Å². The van der Waals surface area contributed by atoms with E-state index in [0.29, 0.717) is 29.6 Å². The van der Waals surface area contributed by atoms with Crippen molar-refractivity contribution in [3.63, 3.8) is 0 Å². The number of hydrogen-bond donors (Lipinski definition) is 1. The van der Waals surface area contributed by atoms with E-state index in [1.165, 1.54) is 10.9 Å². The van der Waals surface area contributed by atoms with Gasteiger partial charge in [-0.15, -0.1) is 0 Å². The van der Waals surface area contributed by atoms with Gasteiger partial charge in [0.25, 0.3) is 0 Å². The molecule has 1 aromatic carbocycles. The van der Waals surface area contributed by atoms with Gasteiger partial charge in [-0.3, -0.25) is 9.48 Å². The number of carbonyl (C=O) groups excluding carboxylic acids is 2. The fourth-order valence-corrected chi connectivity index (χ4v) is 2.22. The maximum atomic E-state index is 12.1. The molecule has 0 aliphatic rings. The second-order valence-electron chi connectivity index (χ2n) is 5.21. The molecule has 0 atom stereocenters. The predicted molar refractivity (Wildman–Crippen MR) is 94.0 cm³/mol. The summed E-state index contributed by atoms with van der Waals surface area (Å²) >= 11 is 5.80. The van der Waals surface area contributed by atoms with Crippen LogP contribution in [0.3, 0.4) is 0 Å². The normalized spacial score (nSPS) is 10.4. The van der Waals surface area contributed by atoms with E-state index in [1.807, 2.05) is 0 Å². The number of hydrogen-bond acceptors (Lipinski definition) is 5. The Morgan fingerprint density at radius 2 is 2.00 bits per heavy atom. The van der Waals surface area contributed by atoms with Crippen LogP contribution in [0.1, 0.15) is 30.1 Å². The van der Waals surface area contributed by atoms with Crippen molar-refractivity contribution in [2.75, 3.05) is 18.5 Å². The smallest absolute Gasteiger partial charge is 0.343 e. The van der Waals surface area contributed by atoms with Gasteiger partial charge in [-0.05, 0) is 37.6 Å². The molecule has 1 amide bonds. The summed E-state index contributed by atoms with van der Waals surface area (Å²) in [6.45, 7) is 2.36. The number of nitrogens with zero attached hydrogens (tertiary/aromatic N) is 2. The van der Waals surface area contributed by atoms with Crippen LogP contribution in [0.25, 0.3) is 0 Å². The molecular weight excluding hydrogens is 346 g/mol. The number of halogens is 1. The summed E-state index contributed by atoms with van der Waals surface area (Å²) in [6.07, 6.45) is 2.15. The molecule has 0 saturated heterocycles. The van der Waals surface area contributed by atoms with Crippen molar-refractivity contribution in [1.29, 1.82) is 0 Å². The van der Waals surface area contributed by atoms with Gasteiger partial charge in [0, 0.05) is 18.5 Å². The topological polar surface area (TPSA) is 82.5 Å². The molecule has 25 heavy (non-hydrogen) atoms. The highest BCUT2D eigenvalue weighted by Crippen LogP contribution is 2.17. The van der Waals surface area contributed by atoms with Crippen molar-refractivity contribution in [1.82, 2.24) is 9.78 Å². The standard InChI is InChI=1S/C17H20ClN3O4/c1-3-24-17(23)14-11-19-21(2)16(14)20-15(22)5-4-10-25-13-8-6-12(18)7-9-13/h6-9,11H,3-5,10H2,1-2H3,(H,20,22).